The van der Waals surface area contributed by atoms with Crippen molar-refractivity contribution in [3.05, 3.63) is 29.8 Å². The second-order valence-corrected chi connectivity index (χ2v) is 3.90. The van der Waals surface area contributed by atoms with Gasteiger partial charge in [0.2, 0.25) is 0 Å². The Morgan fingerprint density at radius 1 is 1.32 bits per heavy atom. The van der Waals surface area contributed by atoms with Gasteiger partial charge in [0.1, 0.15) is 5.75 Å². The molecule has 0 amide bonds. The first-order valence-corrected chi connectivity index (χ1v) is 5.43. The third kappa shape index (κ3) is 5.71. The Morgan fingerprint density at radius 2 is 1.89 bits per heavy atom. The summed E-state index contributed by atoms with van der Waals surface area (Å²) in [4.78, 5) is 11.6. The highest BCUT2D eigenvalue weighted by atomic mass is 19.4. The van der Waals surface area contributed by atoms with Crippen LogP contribution < -0.4 is 10.5 Å². The molecule has 2 N–H and O–H groups in total. The number of halogens is 3. The van der Waals surface area contributed by atoms with Gasteiger partial charge < -0.3 is 15.2 Å². The minimum Gasteiger partial charge on any atom is -0.406 e. The summed E-state index contributed by atoms with van der Waals surface area (Å²) >= 11 is 0. The second-order valence-electron chi connectivity index (χ2n) is 3.90. The monoisotopic (exact) mass is 277 g/mol. The van der Waals surface area contributed by atoms with E-state index in [0.717, 1.165) is 12.1 Å². The number of rotatable bonds is 6. The predicted molar refractivity (Wildman–Crippen MR) is 61.7 cm³/mol. The number of methoxy groups -OCH3 is 1. The first-order chi connectivity index (χ1) is 8.81. The third-order valence-corrected chi connectivity index (χ3v) is 2.30. The third-order valence-electron chi connectivity index (χ3n) is 2.30. The summed E-state index contributed by atoms with van der Waals surface area (Å²) in [6, 6.07) is 4.34. The summed E-state index contributed by atoms with van der Waals surface area (Å²) in [5, 5.41) is 0. The molecule has 4 nitrogen and oxygen atoms in total. The topological polar surface area (TPSA) is 61.5 Å². The van der Waals surface area contributed by atoms with E-state index >= 15 is 0 Å². The molecular weight excluding hydrogens is 263 g/mol. The normalized spacial score (nSPS) is 13.1. The van der Waals surface area contributed by atoms with Crippen molar-refractivity contribution in [2.75, 3.05) is 13.7 Å². The van der Waals surface area contributed by atoms with Gasteiger partial charge in [0.05, 0.1) is 12.6 Å². The van der Waals surface area contributed by atoms with E-state index < -0.39 is 12.4 Å². The van der Waals surface area contributed by atoms with Gasteiger partial charge in [-0.3, -0.25) is 4.79 Å². The molecule has 0 fully saturated rings. The molecule has 0 saturated heterocycles. The summed E-state index contributed by atoms with van der Waals surface area (Å²) in [6.07, 6.45) is -4.69. The second kappa shape index (κ2) is 6.53. The molecule has 1 rings (SSSR count). The number of carbonyl (C=O) groups is 1. The fourth-order valence-electron chi connectivity index (χ4n) is 1.41. The van der Waals surface area contributed by atoms with Crippen molar-refractivity contribution in [1.82, 2.24) is 0 Å². The van der Waals surface area contributed by atoms with Crippen LogP contribution in [-0.4, -0.2) is 31.9 Å². The zero-order valence-corrected chi connectivity index (χ0v) is 10.2. The van der Waals surface area contributed by atoms with Crippen LogP contribution >= 0.6 is 0 Å². The van der Waals surface area contributed by atoms with Gasteiger partial charge in [-0.25, -0.2) is 0 Å². The quantitative estimate of drug-likeness (QED) is 0.859. The van der Waals surface area contributed by atoms with Crippen molar-refractivity contribution in [2.24, 2.45) is 5.73 Å². The van der Waals surface area contributed by atoms with Gasteiger partial charge >= 0.3 is 6.36 Å². The Morgan fingerprint density at radius 3 is 2.37 bits per heavy atom. The number of Topliss-reactive ketones (excluding diaryl/α,β-unsaturated/α-hetero) is 1. The number of ketones is 1. The van der Waals surface area contributed by atoms with Gasteiger partial charge in [-0.05, 0) is 17.7 Å². The van der Waals surface area contributed by atoms with E-state index in [1.807, 2.05) is 0 Å². The first-order valence-electron chi connectivity index (χ1n) is 5.43. The molecule has 0 heterocycles. The van der Waals surface area contributed by atoms with Crippen molar-refractivity contribution < 1.29 is 27.4 Å². The molecule has 1 aromatic carbocycles. The molecule has 0 aliphatic rings. The minimum absolute atomic E-state index is 0.0385. The Bertz CT molecular complexity index is 417. The van der Waals surface area contributed by atoms with Crippen LogP contribution in [0, 0.1) is 0 Å². The fraction of sp³-hybridized carbons (Fsp3) is 0.417. The predicted octanol–water partition coefficient (Wildman–Crippen LogP) is 1.67. The highest BCUT2D eigenvalue weighted by Gasteiger charge is 2.30. The lowest BCUT2D eigenvalue weighted by atomic mass is 10.0. The Balaban J connectivity index is 2.59. The largest absolute Gasteiger partial charge is 0.573 e. The maximum atomic E-state index is 11.9. The van der Waals surface area contributed by atoms with E-state index in [9.17, 15) is 18.0 Å². The average Bonchev–Trinajstić information content (AvgIpc) is 2.30. The summed E-state index contributed by atoms with van der Waals surface area (Å²) in [6.45, 7) is 0.105. The molecule has 0 radical (unpaired) electrons. The van der Waals surface area contributed by atoms with Crippen LogP contribution in [0.2, 0.25) is 0 Å². The lowest BCUT2D eigenvalue weighted by Crippen LogP contribution is -2.35. The Hall–Kier alpha value is -1.60. The molecule has 0 bridgehead atoms. The van der Waals surface area contributed by atoms with Gasteiger partial charge in [0.15, 0.2) is 5.78 Å². The maximum Gasteiger partial charge on any atom is 0.573 e. The number of nitrogens with two attached hydrogens (primary N) is 1. The molecule has 0 saturated carbocycles. The maximum absolute atomic E-state index is 11.9. The average molecular weight is 277 g/mol. The van der Waals surface area contributed by atoms with Gasteiger partial charge in [-0.1, -0.05) is 12.1 Å². The molecule has 0 aliphatic carbocycles. The molecular formula is C12H14F3NO3. The molecule has 19 heavy (non-hydrogen) atoms. The lowest BCUT2D eigenvalue weighted by Gasteiger charge is -2.11. The van der Waals surface area contributed by atoms with Crippen molar-refractivity contribution >= 4 is 5.78 Å². The van der Waals surface area contributed by atoms with Crippen LogP contribution in [0.4, 0.5) is 13.2 Å². The molecule has 1 unspecified atom stereocenters. The summed E-state index contributed by atoms with van der Waals surface area (Å²) in [5.41, 5.74) is 6.10. The number of benzene rings is 1. The zero-order chi connectivity index (χ0) is 14.5. The van der Waals surface area contributed by atoms with Gasteiger partial charge in [0, 0.05) is 13.5 Å². The van der Waals surface area contributed by atoms with E-state index in [-0.39, 0.29) is 24.6 Å². The van der Waals surface area contributed by atoms with E-state index in [1.165, 1.54) is 19.2 Å². The van der Waals surface area contributed by atoms with Crippen LogP contribution in [0.25, 0.3) is 0 Å². The smallest absolute Gasteiger partial charge is 0.406 e. The number of hydrogen-bond acceptors (Lipinski definition) is 4. The Kier molecular flexibility index (Phi) is 5.31. The summed E-state index contributed by atoms with van der Waals surface area (Å²) in [7, 11) is 1.43. The highest BCUT2D eigenvalue weighted by Crippen LogP contribution is 2.22. The fourth-order valence-corrected chi connectivity index (χ4v) is 1.41. The van der Waals surface area contributed by atoms with E-state index in [1.54, 1.807) is 0 Å². The number of alkyl halides is 3. The molecule has 1 atom stereocenters. The van der Waals surface area contributed by atoms with Crippen LogP contribution in [0.15, 0.2) is 24.3 Å². The molecule has 7 heteroatoms. The van der Waals surface area contributed by atoms with Crippen molar-refractivity contribution in [2.45, 2.75) is 18.8 Å². The molecule has 0 aliphatic heterocycles. The number of ether oxygens (including phenoxy) is 2. The van der Waals surface area contributed by atoms with Crippen LogP contribution in [0.1, 0.15) is 5.56 Å². The van der Waals surface area contributed by atoms with Crippen molar-refractivity contribution in [1.29, 1.82) is 0 Å². The zero-order valence-electron chi connectivity index (χ0n) is 10.2. The van der Waals surface area contributed by atoms with Crippen molar-refractivity contribution in [3.8, 4) is 5.75 Å². The number of hydrogen-bond donors (Lipinski definition) is 1. The standard InChI is InChI=1S/C12H14F3NO3/c1-18-7-10(16)11(17)6-8-2-4-9(5-3-8)19-12(13,14)15/h2-5,10H,6-7,16H2,1H3. The molecule has 0 spiro atoms. The van der Waals surface area contributed by atoms with Gasteiger partial charge in [-0.2, -0.15) is 0 Å². The lowest BCUT2D eigenvalue weighted by molar-refractivity contribution is -0.274. The van der Waals surface area contributed by atoms with E-state index in [2.05, 4.69) is 4.74 Å². The van der Waals surface area contributed by atoms with Crippen LogP contribution in [0.3, 0.4) is 0 Å². The number of carbonyl (C=O) groups excluding carboxylic acids is 1. The van der Waals surface area contributed by atoms with Gasteiger partial charge in [-0.15, -0.1) is 13.2 Å². The highest BCUT2D eigenvalue weighted by molar-refractivity contribution is 5.86. The molecule has 106 valence electrons. The van der Waals surface area contributed by atoms with E-state index in [4.69, 9.17) is 10.5 Å². The first kappa shape index (κ1) is 15.5. The minimum atomic E-state index is -4.72. The van der Waals surface area contributed by atoms with E-state index in [0.29, 0.717) is 5.56 Å². The SMILES string of the molecule is COCC(N)C(=O)Cc1ccc(OC(F)(F)F)cc1. The van der Waals surface area contributed by atoms with Crippen molar-refractivity contribution in [3.63, 3.8) is 0 Å². The molecule has 0 aromatic heterocycles. The summed E-state index contributed by atoms with van der Waals surface area (Å²) in [5.74, 6) is -0.573. The summed E-state index contributed by atoms with van der Waals surface area (Å²) < 4.78 is 44.3. The van der Waals surface area contributed by atoms with Gasteiger partial charge in [0.25, 0.3) is 0 Å². The molecule has 1 aromatic rings. The Labute approximate surface area is 108 Å². The van der Waals surface area contributed by atoms with Crippen LogP contribution in [-0.2, 0) is 16.0 Å². The van der Waals surface area contributed by atoms with Crippen LogP contribution in [0.5, 0.6) is 5.75 Å².